The highest BCUT2D eigenvalue weighted by Crippen LogP contribution is 2.38. The fourth-order valence-electron chi connectivity index (χ4n) is 3.08. The van der Waals surface area contributed by atoms with Crippen LogP contribution in [0.2, 0.25) is 0 Å². The lowest BCUT2D eigenvalue weighted by molar-refractivity contribution is -0.128. The van der Waals surface area contributed by atoms with Crippen molar-refractivity contribution in [2.45, 2.75) is 44.7 Å². The molecule has 0 aliphatic carbocycles. The molecule has 2 atom stereocenters. The van der Waals surface area contributed by atoms with E-state index in [0.29, 0.717) is 17.2 Å². The fourth-order valence-corrected chi connectivity index (χ4v) is 4.55. The van der Waals surface area contributed by atoms with Crippen molar-refractivity contribution in [3.63, 3.8) is 0 Å². The molecule has 0 aromatic heterocycles. The van der Waals surface area contributed by atoms with Crippen LogP contribution in [0, 0.1) is 12.8 Å². The molecule has 2 unspecified atom stereocenters. The number of fused-ring (bicyclic) bond motifs is 1. The number of amides is 1. The van der Waals surface area contributed by atoms with Gasteiger partial charge in [-0.15, -0.1) is 0 Å². The topological polar surface area (TPSA) is 84.9 Å². The van der Waals surface area contributed by atoms with E-state index in [0.717, 1.165) is 5.56 Å². The first-order chi connectivity index (χ1) is 14.1. The van der Waals surface area contributed by atoms with Crippen LogP contribution in [0.5, 0.6) is 11.5 Å². The standard InChI is InChI=1S/C22H28N2O5S/c1-14(2)16(4)23-22(25)21-13-24(19-12-15(3)6-11-20(19)29-21)30(26,27)18-9-7-17(28-5)8-10-18/h6-12,14,16,21H,13H2,1-5H3,(H,23,25). The monoisotopic (exact) mass is 432 g/mol. The number of methoxy groups -OCH3 is 1. The predicted molar refractivity (Wildman–Crippen MR) is 116 cm³/mol. The van der Waals surface area contributed by atoms with Gasteiger partial charge in [-0.1, -0.05) is 19.9 Å². The summed E-state index contributed by atoms with van der Waals surface area (Å²) in [5, 5.41) is 2.92. The Labute approximate surface area is 178 Å². The lowest BCUT2D eigenvalue weighted by Crippen LogP contribution is -2.52. The third kappa shape index (κ3) is 4.38. The first-order valence-corrected chi connectivity index (χ1v) is 11.3. The first-order valence-electron chi connectivity index (χ1n) is 9.88. The van der Waals surface area contributed by atoms with Crippen LogP contribution >= 0.6 is 0 Å². The van der Waals surface area contributed by atoms with Crippen molar-refractivity contribution >= 4 is 21.6 Å². The normalized spacial score (nSPS) is 17.1. The molecule has 3 rings (SSSR count). The third-order valence-corrected chi connectivity index (χ3v) is 7.09. The summed E-state index contributed by atoms with van der Waals surface area (Å²) in [6.07, 6.45) is -0.950. The molecule has 0 saturated carbocycles. The van der Waals surface area contributed by atoms with Crippen LogP contribution in [0.1, 0.15) is 26.3 Å². The number of ether oxygens (including phenoxy) is 2. The van der Waals surface area contributed by atoms with Crippen molar-refractivity contribution < 1.29 is 22.7 Å². The first kappa shape index (κ1) is 22.0. The summed E-state index contributed by atoms with van der Waals surface area (Å²) in [5.74, 6) is 0.831. The number of carbonyl (C=O) groups excluding carboxylic acids is 1. The molecule has 8 heteroatoms. The van der Waals surface area contributed by atoms with Crippen LogP contribution in [0.25, 0.3) is 0 Å². The highest BCUT2D eigenvalue weighted by Gasteiger charge is 2.38. The largest absolute Gasteiger partial charge is 0.497 e. The van der Waals surface area contributed by atoms with Gasteiger partial charge in [-0.25, -0.2) is 8.42 Å². The van der Waals surface area contributed by atoms with Crippen LogP contribution in [-0.4, -0.2) is 40.1 Å². The number of aryl methyl sites for hydroxylation is 1. The number of sulfonamides is 1. The van der Waals surface area contributed by atoms with Gasteiger partial charge in [0.15, 0.2) is 6.10 Å². The molecule has 162 valence electrons. The number of nitrogens with one attached hydrogen (secondary N) is 1. The molecule has 2 aromatic rings. The van der Waals surface area contributed by atoms with Crippen LogP contribution < -0.4 is 19.1 Å². The van der Waals surface area contributed by atoms with E-state index in [9.17, 15) is 13.2 Å². The molecule has 0 fully saturated rings. The van der Waals surface area contributed by atoms with E-state index >= 15 is 0 Å². The Morgan fingerprint density at radius 1 is 1.17 bits per heavy atom. The number of benzene rings is 2. The minimum Gasteiger partial charge on any atom is -0.497 e. The second-order valence-corrected chi connectivity index (χ2v) is 9.69. The Morgan fingerprint density at radius 3 is 2.43 bits per heavy atom. The molecule has 2 aromatic carbocycles. The number of carbonyl (C=O) groups is 1. The maximum atomic E-state index is 13.5. The van der Waals surface area contributed by atoms with Crippen molar-refractivity contribution in [1.29, 1.82) is 0 Å². The maximum absolute atomic E-state index is 13.5. The second-order valence-electron chi connectivity index (χ2n) is 7.83. The molecule has 1 N–H and O–H groups in total. The zero-order valence-electron chi connectivity index (χ0n) is 17.9. The Hall–Kier alpha value is -2.74. The molecular weight excluding hydrogens is 404 g/mol. The van der Waals surface area contributed by atoms with Crippen molar-refractivity contribution in [2.75, 3.05) is 18.0 Å². The number of hydrogen-bond donors (Lipinski definition) is 1. The molecule has 1 heterocycles. The van der Waals surface area contributed by atoms with Crippen LogP contribution in [-0.2, 0) is 14.8 Å². The maximum Gasteiger partial charge on any atom is 0.264 e. The van der Waals surface area contributed by atoms with Crippen LogP contribution in [0.3, 0.4) is 0 Å². The summed E-state index contributed by atoms with van der Waals surface area (Å²) < 4.78 is 39.2. The number of anilines is 1. The second kappa shape index (κ2) is 8.55. The van der Waals surface area contributed by atoms with Gasteiger partial charge >= 0.3 is 0 Å². The highest BCUT2D eigenvalue weighted by molar-refractivity contribution is 7.92. The highest BCUT2D eigenvalue weighted by atomic mass is 32.2. The van der Waals surface area contributed by atoms with Gasteiger partial charge in [0.1, 0.15) is 11.5 Å². The molecule has 0 spiro atoms. The van der Waals surface area contributed by atoms with Gasteiger partial charge in [0.25, 0.3) is 15.9 Å². The molecule has 0 saturated heterocycles. The zero-order chi connectivity index (χ0) is 22.1. The van der Waals surface area contributed by atoms with Gasteiger partial charge < -0.3 is 14.8 Å². The summed E-state index contributed by atoms with van der Waals surface area (Å²) in [4.78, 5) is 12.9. The molecule has 30 heavy (non-hydrogen) atoms. The summed E-state index contributed by atoms with van der Waals surface area (Å²) >= 11 is 0. The zero-order valence-corrected chi connectivity index (χ0v) is 18.7. The molecule has 1 aliphatic heterocycles. The van der Waals surface area contributed by atoms with Crippen molar-refractivity contribution in [2.24, 2.45) is 5.92 Å². The predicted octanol–water partition coefficient (Wildman–Crippen LogP) is 3.12. The van der Waals surface area contributed by atoms with E-state index in [4.69, 9.17) is 9.47 Å². The van der Waals surface area contributed by atoms with E-state index in [1.54, 1.807) is 24.3 Å². The average Bonchev–Trinajstić information content (AvgIpc) is 2.72. The number of hydrogen-bond acceptors (Lipinski definition) is 5. The van der Waals surface area contributed by atoms with Gasteiger partial charge in [-0.3, -0.25) is 9.10 Å². The lowest BCUT2D eigenvalue weighted by Gasteiger charge is -2.35. The number of nitrogens with zero attached hydrogens (tertiary/aromatic N) is 1. The smallest absolute Gasteiger partial charge is 0.264 e. The van der Waals surface area contributed by atoms with E-state index in [1.807, 2.05) is 33.8 Å². The summed E-state index contributed by atoms with van der Waals surface area (Å²) in [6, 6.07) is 11.4. The minimum absolute atomic E-state index is 0.0628. The van der Waals surface area contributed by atoms with E-state index in [1.165, 1.54) is 23.5 Å². The van der Waals surface area contributed by atoms with Gasteiger partial charge in [-0.2, -0.15) is 0 Å². The van der Waals surface area contributed by atoms with Crippen LogP contribution in [0.4, 0.5) is 5.69 Å². The Balaban J connectivity index is 1.99. The van der Waals surface area contributed by atoms with E-state index in [2.05, 4.69) is 5.32 Å². The Bertz CT molecular complexity index is 1020. The average molecular weight is 433 g/mol. The van der Waals surface area contributed by atoms with Crippen molar-refractivity contribution in [3.05, 3.63) is 48.0 Å². The molecule has 7 nitrogen and oxygen atoms in total. The SMILES string of the molecule is COc1ccc(S(=O)(=O)N2CC(C(=O)NC(C)C(C)C)Oc3ccc(C)cc32)cc1. The van der Waals surface area contributed by atoms with E-state index in [-0.39, 0.29) is 29.3 Å². The minimum atomic E-state index is -3.91. The summed E-state index contributed by atoms with van der Waals surface area (Å²) in [7, 11) is -2.39. The van der Waals surface area contributed by atoms with Gasteiger partial charge in [0.05, 0.1) is 24.2 Å². The lowest BCUT2D eigenvalue weighted by atomic mass is 10.1. The molecule has 1 aliphatic rings. The van der Waals surface area contributed by atoms with Crippen molar-refractivity contribution in [3.8, 4) is 11.5 Å². The van der Waals surface area contributed by atoms with Gasteiger partial charge in [0, 0.05) is 6.04 Å². The fraction of sp³-hybridized carbons (Fsp3) is 0.409. The summed E-state index contributed by atoms with van der Waals surface area (Å²) in [6.45, 7) is 7.69. The molecule has 0 radical (unpaired) electrons. The summed E-state index contributed by atoms with van der Waals surface area (Å²) in [5.41, 5.74) is 1.32. The molecule has 0 bridgehead atoms. The molecule has 1 amide bonds. The third-order valence-electron chi connectivity index (χ3n) is 5.29. The quantitative estimate of drug-likeness (QED) is 0.758. The molecular formula is C22H28N2O5S. The Kier molecular flexibility index (Phi) is 6.26. The Morgan fingerprint density at radius 2 is 1.83 bits per heavy atom. The van der Waals surface area contributed by atoms with Gasteiger partial charge in [-0.05, 0) is 61.7 Å². The van der Waals surface area contributed by atoms with Gasteiger partial charge in [0.2, 0.25) is 0 Å². The number of rotatable bonds is 6. The van der Waals surface area contributed by atoms with Crippen LogP contribution in [0.15, 0.2) is 47.4 Å². The van der Waals surface area contributed by atoms with Crippen molar-refractivity contribution in [1.82, 2.24) is 5.32 Å². The van der Waals surface area contributed by atoms with E-state index < -0.39 is 16.1 Å².